The molecule has 2 heterocycles. The summed E-state index contributed by atoms with van der Waals surface area (Å²) in [6.07, 6.45) is 3.98. The lowest BCUT2D eigenvalue weighted by molar-refractivity contribution is 0.0600. The van der Waals surface area contributed by atoms with Gasteiger partial charge in [-0.2, -0.15) is 4.39 Å². The van der Waals surface area contributed by atoms with Gasteiger partial charge in [-0.1, -0.05) is 35.6 Å². The van der Waals surface area contributed by atoms with Gasteiger partial charge in [0.15, 0.2) is 5.13 Å². The summed E-state index contributed by atoms with van der Waals surface area (Å²) in [6.45, 7) is 0.556. The SMILES string of the molecule is COC(=O)c1ccc(CC(N)CNc2ncc(-c3ccc4cnc(F)cc4c3)s2)cc1. The Balaban J connectivity index is 1.36. The maximum Gasteiger partial charge on any atom is 0.337 e. The molecule has 2 aromatic heterocycles. The molecule has 0 aliphatic heterocycles. The molecule has 0 saturated carbocycles. The minimum Gasteiger partial charge on any atom is -0.465 e. The first-order valence-corrected chi connectivity index (χ1v) is 10.5. The highest BCUT2D eigenvalue weighted by Crippen LogP contribution is 2.31. The van der Waals surface area contributed by atoms with Crippen LogP contribution >= 0.6 is 11.3 Å². The molecule has 31 heavy (non-hydrogen) atoms. The molecule has 0 fully saturated rings. The van der Waals surface area contributed by atoms with Crippen LogP contribution in [0.1, 0.15) is 15.9 Å². The molecule has 4 rings (SSSR count). The number of thiazole rings is 1. The molecule has 0 radical (unpaired) electrons. The minimum atomic E-state index is -0.495. The molecule has 0 saturated heterocycles. The van der Waals surface area contributed by atoms with Gasteiger partial charge in [0.1, 0.15) is 0 Å². The highest BCUT2D eigenvalue weighted by atomic mass is 32.1. The largest absolute Gasteiger partial charge is 0.465 e. The van der Waals surface area contributed by atoms with Gasteiger partial charge >= 0.3 is 5.97 Å². The van der Waals surface area contributed by atoms with Gasteiger partial charge in [0.25, 0.3) is 0 Å². The van der Waals surface area contributed by atoms with Gasteiger partial charge in [-0.3, -0.25) is 0 Å². The molecule has 8 heteroatoms. The van der Waals surface area contributed by atoms with Crippen LogP contribution in [0.2, 0.25) is 0 Å². The second-order valence-corrected chi connectivity index (χ2v) is 8.16. The van der Waals surface area contributed by atoms with E-state index in [0.29, 0.717) is 18.5 Å². The van der Waals surface area contributed by atoms with Gasteiger partial charge in [0.2, 0.25) is 5.95 Å². The number of hydrogen-bond donors (Lipinski definition) is 2. The van der Waals surface area contributed by atoms with Gasteiger partial charge in [0, 0.05) is 36.4 Å². The molecule has 4 aromatic rings. The van der Waals surface area contributed by atoms with Crippen LogP contribution in [0, 0.1) is 5.95 Å². The average Bonchev–Trinajstić information content (AvgIpc) is 3.26. The molecule has 0 bridgehead atoms. The third-order valence-corrected chi connectivity index (χ3v) is 5.87. The van der Waals surface area contributed by atoms with E-state index in [1.807, 2.05) is 30.3 Å². The lowest BCUT2D eigenvalue weighted by Gasteiger charge is -2.12. The zero-order valence-corrected chi connectivity index (χ0v) is 17.7. The highest BCUT2D eigenvalue weighted by molar-refractivity contribution is 7.18. The Morgan fingerprint density at radius 1 is 1.13 bits per heavy atom. The lowest BCUT2D eigenvalue weighted by Crippen LogP contribution is -2.31. The summed E-state index contributed by atoms with van der Waals surface area (Å²) in [7, 11) is 1.36. The monoisotopic (exact) mass is 436 g/mol. The van der Waals surface area contributed by atoms with Crippen LogP contribution in [-0.2, 0) is 11.2 Å². The molecule has 6 nitrogen and oxygen atoms in total. The maximum atomic E-state index is 13.4. The number of nitrogens with one attached hydrogen (secondary N) is 1. The second-order valence-electron chi connectivity index (χ2n) is 7.13. The summed E-state index contributed by atoms with van der Waals surface area (Å²) in [5.74, 6) is -0.851. The van der Waals surface area contributed by atoms with E-state index >= 15 is 0 Å². The molecular formula is C23H21FN4O2S. The summed E-state index contributed by atoms with van der Waals surface area (Å²) in [5, 5.41) is 5.74. The van der Waals surface area contributed by atoms with Crippen LogP contribution < -0.4 is 11.1 Å². The Morgan fingerprint density at radius 3 is 2.71 bits per heavy atom. The smallest absolute Gasteiger partial charge is 0.337 e. The molecular weight excluding hydrogens is 415 g/mol. The molecule has 0 aliphatic carbocycles. The molecule has 0 spiro atoms. The Morgan fingerprint density at radius 2 is 1.94 bits per heavy atom. The number of esters is 1. The topological polar surface area (TPSA) is 90.1 Å². The van der Waals surface area contributed by atoms with Crippen molar-refractivity contribution in [1.29, 1.82) is 0 Å². The molecule has 2 aromatic carbocycles. The van der Waals surface area contributed by atoms with Gasteiger partial charge in [-0.05, 0) is 41.1 Å². The lowest BCUT2D eigenvalue weighted by atomic mass is 10.0. The van der Waals surface area contributed by atoms with Crippen molar-refractivity contribution >= 4 is 33.2 Å². The van der Waals surface area contributed by atoms with Crippen molar-refractivity contribution in [2.24, 2.45) is 5.73 Å². The molecule has 3 N–H and O–H groups in total. The summed E-state index contributed by atoms with van der Waals surface area (Å²) < 4.78 is 18.1. The van der Waals surface area contributed by atoms with Gasteiger partial charge in [-0.15, -0.1) is 0 Å². The van der Waals surface area contributed by atoms with E-state index in [9.17, 15) is 9.18 Å². The zero-order valence-electron chi connectivity index (χ0n) is 16.8. The number of hydrogen-bond acceptors (Lipinski definition) is 7. The van der Waals surface area contributed by atoms with E-state index in [4.69, 9.17) is 10.5 Å². The van der Waals surface area contributed by atoms with Gasteiger partial charge < -0.3 is 15.8 Å². The molecule has 158 valence electrons. The Hall–Kier alpha value is -3.36. The summed E-state index contributed by atoms with van der Waals surface area (Å²) in [5.41, 5.74) is 8.78. The fourth-order valence-corrected chi connectivity index (χ4v) is 4.06. The standard InChI is InChI=1S/C23H21FN4O2S/c1-30-22(29)15-4-2-14(3-5-15)8-19(25)12-27-23-28-13-20(31-23)16-6-7-17-11-26-21(24)10-18(17)9-16/h2-7,9-11,13,19H,8,12,25H2,1H3,(H,27,28). The van der Waals surface area contributed by atoms with Crippen LogP contribution in [0.5, 0.6) is 0 Å². The number of halogens is 1. The van der Waals surface area contributed by atoms with E-state index in [1.165, 1.54) is 30.7 Å². The first kappa shape index (κ1) is 20.9. The minimum absolute atomic E-state index is 0.118. The predicted octanol–water partition coefficient (Wildman–Crippen LogP) is 4.27. The summed E-state index contributed by atoms with van der Waals surface area (Å²) in [6, 6.07) is 14.4. The third-order valence-electron chi connectivity index (χ3n) is 4.87. The van der Waals surface area contributed by atoms with Crippen molar-refractivity contribution < 1.29 is 13.9 Å². The van der Waals surface area contributed by atoms with Crippen LogP contribution in [0.15, 0.2) is 60.9 Å². The van der Waals surface area contributed by atoms with Crippen molar-refractivity contribution in [2.45, 2.75) is 12.5 Å². The van der Waals surface area contributed by atoms with Gasteiger partial charge in [-0.25, -0.2) is 14.8 Å². The average molecular weight is 437 g/mol. The number of nitrogens with two attached hydrogens (primary N) is 1. The Kier molecular flexibility index (Phi) is 6.20. The molecule has 1 unspecified atom stereocenters. The number of fused-ring (bicyclic) bond motifs is 1. The summed E-state index contributed by atoms with van der Waals surface area (Å²) >= 11 is 1.52. The number of carbonyl (C=O) groups excluding carboxylic acids is 1. The van der Waals surface area contributed by atoms with Gasteiger partial charge in [0.05, 0.1) is 17.6 Å². The number of carbonyl (C=O) groups is 1. The number of rotatable bonds is 7. The maximum absolute atomic E-state index is 13.4. The van der Waals surface area contributed by atoms with E-state index in [1.54, 1.807) is 18.3 Å². The van der Waals surface area contributed by atoms with Crippen molar-refractivity contribution in [3.63, 3.8) is 0 Å². The van der Waals surface area contributed by atoms with Crippen LogP contribution in [0.3, 0.4) is 0 Å². The number of nitrogens with zero attached hydrogens (tertiary/aromatic N) is 2. The number of ether oxygens (including phenoxy) is 1. The Labute approximate surface area is 182 Å². The van der Waals surface area contributed by atoms with E-state index in [0.717, 1.165) is 31.9 Å². The van der Waals surface area contributed by atoms with Crippen molar-refractivity contribution in [1.82, 2.24) is 9.97 Å². The van der Waals surface area contributed by atoms with Crippen molar-refractivity contribution in [3.05, 3.63) is 78.0 Å². The van der Waals surface area contributed by atoms with Crippen LogP contribution in [-0.4, -0.2) is 35.6 Å². The van der Waals surface area contributed by atoms with E-state index in [-0.39, 0.29) is 12.0 Å². The fourth-order valence-electron chi connectivity index (χ4n) is 3.24. The van der Waals surface area contributed by atoms with Crippen molar-refractivity contribution in [3.8, 4) is 10.4 Å². The normalized spacial score (nSPS) is 12.0. The predicted molar refractivity (Wildman–Crippen MR) is 121 cm³/mol. The fraction of sp³-hybridized carbons (Fsp3) is 0.174. The van der Waals surface area contributed by atoms with Crippen LogP contribution in [0.4, 0.5) is 9.52 Å². The number of pyridine rings is 1. The second kappa shape index (κ2) is 9.20. The number of aromatic nitrogens is 2. The molecule has 0 aliphatic rings. The van der Waals surface area contributed by atoms with E-state index < -0.39 is 5.95 Å². The van der Waals surface area contributed by atoms with Crippen molar-refractivity contribution in [2.75, 3.05) is 19.0 Å². The van der Waals surface area contributed by atoms with E-state index in [2.05, 4.69) is 15.3 Å². The highest BCUT2D eigenvalue weighted by Gasteiger charge is 2.10. The summed E-state index contributed by atoms with van der Waals surface area (Å²) in [4.78, 5) is 20.6. The molecule has 1 atom stereocenters. The Bertz CT molecular complexity index is 1210. The first-order chi connectivity index (χ1) is 15.0. The quantitative estimate of drug-likeness (QED) is 0.332. The first-order valence-electron chi connectivity index (χ1n) is 9.70. The van der Waals surface area contributed by atoms with Crippen LogP contribution in [0.25, 0.3) is 21.2 Å². The molecule has 0 amide bonds. The third kappa shape index (κ3) is 5.04. The number of benzene rings is 2. The number of methoxy groups -OCH3 is 1. The zero-order chi connectivity index (χ0) is 21.8. The number of anilines is 1.